The van der Waals surface area contributed by atoms with Crippen molar-refractivity contribution in [1.29, 1.82) is 0 Å². The lowest BCUT2D eigenvalue weighted by atomic mass is 10.0. The molecule has 0 aromatic carbocycles. The van der Waals surface area contributed by atoms with Crippen LogP contribution in [0.1, 0.15) is 91.5 Å². The molecule has 6 heterocycles. The van der Waals surface area contributed by atoms with E-state index in [2.05, 4.69) is 15.3 Å². The fraction of sp³-hybridized carbons (Fsp3) is 0.675. The zero-order valence-electron chi connectivity index (χ0n) is 34.3. The number of piperidine rings is 2. The van der Waals surface area contributed by atoms with Crippen molar-refractivity contribution in [3.63, 3.8) is 0 Å². The van der Waals surface area contributed by atoms with Gasteiger partial charge < -0.3 is 38.6 Å². The van der Waals surface area contributed by atoms with E-state index >= 15 is 0 Å². The van der Waals surface area contributed by atoms with Gasteiger partial charge in [-0.25, -0.2) is 9.59 Å². The largest absolute Gasteiger partial charge is 0.489 e. The number of fused-ring (bicyclic) bond motifs is 2. The zero-order chi connectivity index (χ0) is 42.1. The number of rotatable bonds is 6. The Balaban J connectivity index is 0.000000226. The number of carbonyl (C=O) groups is 3. The maximum atomic E-state index is 12.9. The molecule has 4 aliphatic rings. The first-order valence-electron chi connectivity index (χ1n) is 19.9. The van der Waals surface area contributed by atoms with Gasteiger partial charge in [0.2, 0.25) is 0 Å². The molecule has 0 atom stereocenters. The molecule has 0 bridgehead atoms. The van der Waals surface area contributed by atoms with E-state index in [1.54, 1.807) is 37.9 Å². The molecule has 322 valence electrons. The third kappa shape index (κ3) is 13.1. The lowest BCUT2D eigenvalue weighted by molar-refractivity contribution is -0.186. The lowest BCUT2D eigenvalue weighted by Gasteiger charge is -2.39. The van der Waals surface area contributed by atoms with Gasteiger partial charge in [0, 0.05) is 50.1 Å². The number of pyridine rings is 2. The summed E-state index contributed by atoms with van der Waals surface area (Å²) in [6, 6.07) is 3.31. The number of amides is 3. The Morgan fingerprint density at radius 2 is 1.09 bits per heavy atom. The van der Waals surface area contributed by atoms with Gasteiger partial charge >= 0.3 is 24.3 Å². The van der Waals surface area contributed by atoms with Gasteiger partial charge in [0.05, 0.1) is 63.3 Å². The Kier molecular flexibility index (Phi) is 14.8. The molecule has 3 amide bonds. The molecule has 1 N–H and O–H groups in total. The number of halogens is 3. The highest BCUT2D eigenvalue weighted by molar-refractivity contribution is 5.82. The van der Waals surface area contributed by atoms with Crippen molar-refractivity contribution in [3.8, 4) is 23.0 Å². The highest BCUT2D eigenvalue weighted by atomic mass is 19.4. The molecule has 15 nitrogen and oxygen atoms in total. The van der Waals surface area contributed by atoms with Crippen LogP contribution in [0.4, 0.5) is 22.8 Å². The van der Waals surface area contributed by atoms with Crippen LogP contribution in [0, 0.1) is 0 Å². The van der Waals surface area contributed by atoms with Gasteiger partial charge in [-0.1, -0.05) is 0 Å². The zero-order valence-corrected chi connectivity index (χ0v) is 34.3. The average Bonchev–Trinajstić information content (AvgIpc) is 3.55. The first-order chi connectivity index (χ1) is 27.4. The Labute approximate surface area is 337 Å². The number of likely N-dealkylation sites (tertiary alicyclic amines) is 1. The topological polar surface area (TPSA) is 154 Å². The normalized spacial score (nSPS) is 17.8. The monoisotopic (exact) mass is 822 g/mol. The predicted molar refractivity (Wildman–Crippen MR) is 205 cm³/mol. The van der Waals surface area contributed by atoms with Crippen LogP contribution in [0.5, 0.6) is 23.0 Å². The van der Waals surface area contributed by atoms with Crippen molar-refractivity contribution < 1.29 is 56.0 Å². The second-order valence-electron chi connectivity index (χ2n) is 16.6. The molecule has 58 heavy (non-hydrogen) atoms. The summed E-state index contributed by atoms with van der Waals surface area (Å²) in [7, 11) is 0. The van der Waals surface area contributed by atoms with E-state index in [9.17, 15) is 27.6 Å². The average molecular weight is 823 g/mol. The molecule has 18 heteroatoms. The summed E-state index contributed by atoms with van der Waals surface area (Å²) in [6.07, 6.45) is 1.23. The van der Waals surface area contributed by atoms with Gasteiger partial charge in [-0.15, -0.1) is 0 Å². The van der Waals surface area contributed by atoms with E-state index in [-0.39, 0.29) is 44.6 Å². The minimum Gasteiger partial charge on any atom is -0.489 e. The third-order valence-corrected chi connectivity index (χ3v) is 9.49. The first-order valence-corrected chi connectivity index (χ1v) is 19.9. The summed E-state index contributed by atoms with van der Waals surface area (Å²) in [5.74, 6) is 0.555. The van der Waals surface area contributed by atoms with E-state index in [0.29, 0.717) is 61.7 Å². The Morgan fingerprint density at radius 3 is 1.48 bits per heavy atom. The van der Waals surface area contributed by atoms with Crippen LogP contribution in [0.2, 0.25) is 0 Å². The number of alkyl halides is 3. The van der Waals surface area contributed by atoms with E-state index < -0.39 is 35.4 Å². The minimum atomic E-state index is -4.91. The van der Waals surface area contributed by atoms with E-state index in [1.165, 1.54) is 11.1 Å². The Bertz CT molecular complexity index is 1700. The lowest BCUT2D eigenvalue weighted by Crippen LogP contribution is -2.51. The molecule has 2 saturated heterocycles. The van der Waals surface area contributed by atoms with E-state index in [1.807, 2.05) is 26.8 Å². The maximum absolute atomic E-state index is 12.9. The Hall–Kier alpha value is -4.74. The van der Waals surface area contributed by atoms with E-state index in [0.717, 1.165) is 49.4 Å². The molecule has 0 saturated carbocycles. The van der Waals surface area contributed by atoms with Crippen molar-refractivity contribution in [2.24, 2.45) is 0 Å². The molecule has 0 unspecified atom stereocenters. The second kappa shape index (κ2) is 19.3. The Morgan fingerprint density at radius 1 is 0.690 bits per heavy atom. The van der Waals surface area contributed by atoms with Gasteiger partial charge in [0.1, 0.15) is 11.2 Å². The number of nitrogens with one attached hydrogen (secondary N) is 1. The van der Waals surface area contributed by atoms with Gasteiger partial charge in [0.15, 0.2) is 23.0 Å². The van der Waals surface area contributed by atoms with Crippen LogP contribution in [0.3, 0.4) is 0 Å². The van der Waals surface area contributed by atoms with Gasteiger partial charge in [-0.05, 0) is 80.3 Å². The van der Waals surface area contributed by atoms with Gasteiger partial charge in [-0.3, -0.25) is 24.6 Å². The molecule has 0 spiro atoms. The van der Waals surface area contributed by atoms with Crippen LogP contribution in [-0.4, -0.2) is 125 Å². The van der Waals surface area contributed by atoms with Crippen LogP contribution in [0.25, 0.3) is 0 Å². The number of carbonyl (C=O) groups excluding carboxylic acids is 3. The number of ether oxygens (including phenoxy) is 6. The number of hydrogen-bond acceptors (Lipinski definition) is 12. The molecular weight excluding hydrogens is 765 g/mol. The summed E-state index contributed by atoms with van der Waals surface area (Å²) >= 11 is 0. The first kappa shape index (κ1) is 44.4. The smallest absolute Gasteiger partial charge is 0.471 e. The number of aromatic nitrogens is 2. The SMILES string of the molecule is CC(C)(C)OC(=O)N(Cc1cc2c(cn1)OCCCO2)C1CCN(C(=O)C(F)(F)F)CC1.CC(C)(C)OC(=O)N(Cc1cc2c(cn1)OCCCO2)C1CCNCC1. The highest BCUT2D eigenvalue weighted by Gasteiger charge is 2.44. The predicted octanol–water partition coefficient (Wildman–Crippen LogP) is 6.27. The van der Waals surface area contributed by atoms with Crippen molar-refractivity contribution in [2.75, 3.05) is 52.6 Å². The quantitative estimate of drug-likeness (QED) is 0.350. The number of hydrogen-bond donors (Lipinski definition) is 1. The minimum absolute atomic E-state index is 0.0867. The van der Waals surface area contributed by atoms with E-state index in [4.69, 9.17) is 28.4 Å². The van der Waals surface area contributed by atoms with Gasteiger partial charge in [0.25, 0.3) is 0 Å². The van der Waals surface area contributed by atoms with Gasteiger partial charge in [-0.2, -0.15) is 13.2 Å². The van der Waals surface area contributed by atoms with Crippen LogP contribution >= 0.6 is 0 Å². The summed E-state index contributed by atoms with van der Waals surface area (Å²) < 4.78 is 72.1. The maximum Gasteiger partial charge on any atom is 0.471 e. The van der Waals surface area contributed by atoms with Crippen LogP contribution < -0.4 is 24.3 Å². The molecule has 4 aliphatic heterocycles. The standard InChI is InChI=1S/C21H28F3N3O5.C19H29N3O4/c1-20(2,3)32-19(29)27(15-5-7-26(8-6-15)18(28)21(22,23)24)13-14-11-16-17(12-25-14)31-10-4-9-30-16;1-19(2,3)26-18(23)22(15-5-7-20-8-6-15)13-14-11-16-17(12-21-14)25-10-4-9-24-16/h11-12,15H,4-10,13H2,1-3H3;11-12,15,20H,4-10,13H2,1-3H3. The summed E-state index contributed by atoms with van der Waals surface area (Å²) in [5, 5.41) is 3.34. The highest BCUT2D eigenvalue weighted by Crippen LogP contribution is 2.32. The molecular formula is C40H57F3N6O9. The molecule has 6 rings (SSSR count). The van der Waals surface area contributed by atoms with Crippen molar-refractivity contribution in [3.05, 3.63) is 35.9 Å². The van der Waals surface area contributed by atoms with Crippen LogP contribution in [-0.2, 0) is 27.4 Å². The summed E-state index contributed by atoms with van der Waals surface area (Å²) in [5.41, 5.74) is 0.0356. The van der Waals surface area contributed by atoms with Crippen molar-refractivity contribution in [1.82, 2.24) is 30.0 Å². The molecule has 2 aromatic heterocycles. The fourth-order valence-electron chi connectivity index (χ4n) is 6.75. The van der Waals surface area contributed by atoms with Crippen molar-refractivity contribution >= 4 is 18.1 Å². The number of nitrogens with zero attached hydrogens (tertiary/aromatic N) is 5. The molecule has 2 aromatic rings. The van der Waals surface area contributed by atoms with Crippen molar-refractivity contribution in [2.45, 2.75) is 123 Å². The summed E-state index contributed by atoms with van der Waals surface area (Å²) in [6.45, 7) is 15.2. The second-order valence-corrected chi connectivity index (χ2v) is 16.6. The van der Waals surface area contributed by atoms with Crippen LogP contribution in [0.15, 0.2) is 24.5 Å². The molecule has 2 fully saturated rings. The fourth-order valence-corrected chi connectivity index (χ4v) is 6.75. The summed E-state index contributed by atoms with van der Waals surface area (Å²) in [4.78, 5) is 50.2. The molecule has 0 aliphatic carbocycles. The molecule has 0 radical (unpaired) electrons. The third-order valence-electron chi connectivity index (χ3n) is 9.49.